The first-order chi connectivity index (χ1) is 8.62. The van der Waals surface area contributed by atoms with Gasteiger partial charge in [0.25, 0.3) is 5.91 Å². The van der Waals surface area contributed by atoms with E-state index in [1.54, 1.807) is 25.1 Å². The number of ether oxygens (including phenoxy) is 2. The van der Waals surface area contributed by atoms with Gasteiger partial charge in [0, 0.05) is 19.8 Å². The number of carbonyl (C=O) groups is 1. The summed E-state index contributed by atoms with van der Waals surface area (Å²) in [4.78, 5) is 11.9. The van der Waals surface area contributed by atoms with Crippen molar-refractivity contribution in [2.75, 3.05) is 14.2 Å². The van der Waals surface area contributed by atoms with Crippen LogP contribution in [0, 0.1) is 11.3 Å². The molecule has 0 spiro atoms. The first-order valence-electron chi connectivity index (χ1n) is 5.49. The highest BCUT2D eigenvalue weighted by Crippen LogP contribution is 2.06. The monoisotopic (exact) mass is 248 g/mol. The topological polar surface area (TPSA) is 71.3 Å². The fourth-order valence-corrected chi connectivity index (χ4v) is 1.59. The lowest BCUT2D eigenvalue weighted by Crippen LogP contribution is -2.42. The van der Waals surface area contributed by atoms with E-state index in [9.17, 15) is 4.79 Å². The van der Waals surface area contributed by atoms with Gasteiger partial charge in [0.05, 0.1) is 17.7 Å². The van der Waals surface area contributed by atoms with E-state index in [0.29, 0.717) is 11.1 Å². The summed E-state index contributed by atoms with van der Waals surface area (Å²) in [6.45, 7) is 1.78. The second-order valence-corrected chi connectivity index (χ2v) is 3.79. The molecule has 0 aliphatic heterocycles. The zero-order chi connectivity index (χ0) is 13.5. The molecule has 1 amide bonds. The zero-order valence-electron chi connectivity index (χ0n) is 10.6. The highest BCUT2D eigenvalue weighted by atomic mass is 16.7. The van der Waals surface area contributed by atoms with Gasteiger partial charge in [-0.25, -0.2) is 0 Å². The Morgan fingerprint density at radius 2 is 2.06 bits per heavy atom. The molecule has 0 bridgehead atoms. The summed E-state index contributed by atoms with van der Waals surface area (Å²) < 4.78 is 10.1. The van der Waals surface area contributed by atoms with E-state index in [0.717, 1.165) is 0 Å². The molecule has 1 aromatic rings. The van der Waals surface area contributed by atoms with Crippen LogP contribution < -0.4 is 5.32 Å². The largest absolute Gasteiger partial charge is 0.354 e. The Labute approximate surface area is 106 Å². The van der Waals surface area contributed by atoms with E-state index >= 15 is 0 Å². The fraction of sp³-hybridized carbons (Fsp3) is 0.385. The first kappa shape index (κ1) is 14.2. The summed E-state index contributed by atoms with van der Waals surface area (Å²) in [5.74, 6) is -0.265. The van der Waals surface area contributed by atoms with Crippen LogP contribution in [0.25, 0.3) is 0 Å². The molecular weight excluding hydrogens is 232 g/mol. The van der Waals surface area contributed by atoms with Crippen LogP contribution in [0.3, 0.4) is 0 Å². The van der Waals surface area contributed by atoms with Crippen molar-refractivity contribution in [2.45, 2.75) is 19.3 Å². The lowest BCUT2D eigenvalue weighted by molar-refractivity contribution is -0.117. The van der Waals surface area contributed by atoms with Gasteiger partial charge in [-0.3, -0.25) is 4.79 Å². The molecule has 5 heteroatoms. The number of benzene rings is 1. The van der Waals surface area contributed by atoms with Gasteiger partial charge in [0.15, 0.2) is 6.29 Å². The molecule has 0 saturated heterocycles. The molecule has 18 heavy (non-hydrogen) atoms. The lowest BCUT2D eigenvalue weighted by Gasteiger charge is -2.22. The highest BCUT2D eigenvalue weighted by Gasteiger charge is 2.18. The summed E-state index contributed by atoms with van der Waals surface area (Å²) >= 11 is 0. The van der Waals surface area contributed by atoms with Gasteiger partial charge in [-0.05, 0) is 25.1 Å². The van der Waals surface area contributed by atoms with Crippen LogP contribution in [0.1, 0.15) is 22.8 Å². The predicted octanol–water partition coefficient (Wildman–Crippen LogP) is 1.30. The number of methoxy groups -OCH3 is 2. The highest BCUT2D eigenvalue weighted by molar-refractivity contribution is 5.94. The summed E-state index contributed by atoms with van der Waals surface area (Å²) in [6, 6.07) is 8.20. The molecule has 0 aliphatic rings. The molecule has 1 unspecified atom stereocenters. The molecule has 0 saturated carbocycles. The van der Waals surface area contributed by atoms with Crippen LogP contribution in [0.5, 0.6) is 0 Å². The number of nitriles is 1. The molecular formula is C13H16N2O3. The Kier molecular flexibility index (Phi) is 5.31. The quantitative estimate of drug-likeness (QED) is 0.797. The maximum absolute atomic E-state index is 11.9. The van der Waals surface area contributed by atoms with E-state index in [4.69, 9.17) is 14.7 Å². The fourth-order valence-electron chi connectivity index (χ4n) is 1.59. The average Bonchev–Trinajstić information content (AvgIpc) is 2.40. The molecule has 5 nitrogen and oxygen atoms in total. The molecule has 1 rings (SSSR count). The summed E-state index contributed by atoms with van der Waals surface area (Å²) in [6.07, 6.45) is -0.506. The molecule has 0 heterocycles. The number of carbonyl (C=O) groups excluding carboxylic acids is 1. The molecule has 1 N–H and O–H groups in total. The molecule has 1 aromatic carbocycles. The molecule has 0 fully saturated rings. The minimum atomic E-state index is -0.506. The van der Waals surface area contributed by atoms with Crippen LogP contribution in [-0.4, -0.2) is 32.5 Å². The van der Waals surface area contributed by atoms with Crippen molar-refractivity contribution in [1.29, 1.82) is 5.26 Å². The third-order valence-corrected chi connectivity index (χ3v) is 2.49. The van der Waals surface area contributed by atoms with E-state index in [1.807, 2.05) is 6.07 Å². The summed E-state index contributed by atoms with van der Waals surface area (Å²) in [7, 11) is 3.01. The van der Waals surface area contributed by atoms with Gasteiger partial charge in [0.2, 0.25) is 0 Å². The Morgan fingerprint density at radius 3 is 2.61 bits per heavy atom. The minimum Gasteiger partial charge on any atom is -0.354 e. The van der Waals surface area contributed by atoms with E-state index in [-0.39, 0.29) is 11.9 Å². The number of nitrogens with one attached hydrogen (secondary N) is 1. The Morgan fingerprint density at radius 1 is 1.39 bits per heavy atom. The Bertz CT molecular complexity index is 450. The van der Waals surface area contributed by atoms with Crippen molar-refractivity contribution in [3.63, 3.8) is 0 Å². The van der Waals surface area contributed by atoms with E-state index < -0.39 is 6.29 Å². The summed E-state index contributed by atoms with van der Waals surface area (Å²) in [5, 5.41) is 11.5. The van der Waals surface area contributed by atoms with Crippen LogP contribution in [0.2, 0.25) is 0 Å². The van der Waals surface area contributed by atoms with Gasteiger partial charge >= 0.3 is 0 Å². The van der Waals surface area contributed by atoms with Gasteiger partial charge in [0.1, 0.15) is 0 Å². The first-order valence-corrected chi connectivity index (χ1v) is 5.49. The predicted molar refractivity (Wildman–Crippen MR) is 65.9 cm³/mol. The second-order valence-electron chi connectivity index (χ2n) is 3.79. The van der Waals surface area contributed by atoms with Crippen LogP contribution >= 0.6 is 0 Å². The van der Waals surface area contributed by atoms with Crippen molar-refractivity contribution < 1.29 is 14.3 Å². The number of hydrogen-bond donors (Lipinski definition) is 1. The van der Waals surface area contributed by atoms with E-state index in [1.165, 1.54) is 20.3 Å². The van der Waals surface area contributed by atoms with Crippen LogP contribution in [-0.2, 0) is 9.47 Å². The Hall–Kier alpha value is -1.90. The molecule has 1 atom stereocenters. The van der Waals surface area contributed by atoms with Crippen molar-refractivity contribution >= 4 is 5.91 Å². The van der Waals surface area contributed by atoms with Crippen molar-refractivity contribution in [2.24, 2.45) is 0 Å². The van der Waals surface area contributed by atoms with Gasteiger partial charge in [-0.15, -0.1) is 0 Å². The van der Waals surface area contributed by atoms with Crippen molar-refractivity contribution in [3.05, 3.63) is 35.4 Å². The number of nitrogens with zero attached hydrogens (tertiary/aromatic N) is 1. The molecule has 96 valence electrons. The SMILES string of the molecule is COC(OC)C(C)NC(=O)c1cccc(C#N)c1. The van der Waals surface area contributed by atoms with Gasteiger partial charge < -0.3 is 14.8 Å². The smallest absolute Gasteiger partial charge is 0.251 e. The van der Waals surface area contributed by atoms with Crippen LogP contribution in [0.4, 0.5) is 0 Å². The minimum absolute atomic E-state index is 0.265. The standard InChI is InChI=1S/C13H16N2O3/c1-9(13(17-2)18-3)15-12(16)11-6-4-5-10(7-11)8-14/h4-7,9,13H,1-3H3,(H,15,16). The Balaban J connectivity index is 2.73. The maximum Gasteiger partial charge on any atom is 0.251 e. The molecule has 0 aliphatic carbocycles. The van der Waals surface area contributed by atoms with Crippen LogP contribution in [0.15, 0.2) is 24.3 Å². The zero-order valence-corrected chi connectivity index (χ0v) is 10.6. The maximum atomic E-state index is 11.9. The van der Waals surface area contributed by atoms with Gasteiger partial charge in [-0.2, -0.15) is 5.26 Å². The van der Waals surface area contributed by atoms with E-state index in [2.05, 4.69) is 5.32 Å². The third-order valence-electron chi connectivity index (χ3n) is 2.49. The lowest BCUT2D eigenvalue weighted by atomic mass is 10.1. The van der Waals surface area contributed by atoms with Crippen molar-refractivity contribution in [3.8, 4) is 6.07 Å². The normalized spacial score (nSPS) is 11.9. The van der Waals surface area contributed by atoms with Crippen molar-refractivity contribution in [1.82, 2.24) is 5.32 Å². The summed E-state index contributed by atoms with van der Waals surface area (Å²) in [5.41, 5.74) is 0.886. The molecule has 0 aromatic heterocycles. The van der Waals surface area contributed by atoms with Gasteiger partial charge in [-0.1, -0.05) is 6.07 Å². The number of amides is 1. The third kappa shape index (κ3) is 3.55. The molecule has 0 radical (unpaired) electrons. The second kappa shape index (κ2) is 6.74. The number of hydrogen-bond acceptors (Lipinski definition) is 4. The average molecular weight is 248 g/mol. The number of rotatable bonds is 5.